The van der Waals surface area contributed by atoms with E-state index in [2.05, 4.69) is 15.3 Å². The number of nitrogens with zero attached hydrogens (tertiary/aromatic N) is 3. The molecular formula is C21H25FN4O4S. The number of carbonyl (C=O) groups is 2. The van der Waals surface area contributed by atoms with Crippen LogP contribution in [0.25, 0.3) is 0 Å². The number of sulfone groups is 1. The van der Waals surface area contributed by atoms with E-state index in [9.17, 15) is 22.4 Å². The van der Waals surface area contributed by atoms with Crippen molar-refractivity contribution in [2.45, 2.75) is 37.0 Å². The van der Waals surface area contributed by atoms with Crippen LogP contribution in [0.15, 0.2) is 35.4 Å². The van der Waals surface area contributed by atoms with E-state index in [1.54, 1.807) is 18.9 Å². The van der Waals surface area contributed by atoms with Gasteiger partial charge >= 0.3 is 0 Å². The zero-order chi connectivity index (χ0) is 22.6. The number of hydrogen-bond donors (Lipinski definition) is 1. The third-order valence-corrected chi connectivity index (χ3v) is 7.17. The lowest BCUT2D eigenvalue weighted by Gasteiger charge is -2.31. The first kappa shape index (κ1) is 22.8. The fourth-order valence-corrected chi connectivity index (χ4v) is 4.80. The summed E-state index contributed by atoms with van der Waals surface area (Å²) in [5, 5.41) is 2.55. The number of nitrogens with one attached hydrogen (secondary N) is 1. The number of rotatable bonds is 6. The SMILES string of the molecule is CNC(=O)c1cnc(C2CCN(C(=O)CCS(=O)(=O)c3ccc(F)cc3)CC2)nc1C. The first-order chi connectivity index (χ1) is 14.7. The van der Waals surface area contributed by atoms with Gasteiger partial charge in [-0.15, -0.1) is 0 Å². The van der Waals surface area contributed by atoms with Gasteiger partial charge in [0.05, 0.1) is 21.9 Å². The molecule has 1 aliphatic heterocycles. The first-order valence-corrected chi connectivity index (χ1v) is 11.7. The molecule has 166 valence electrons. The van der Waals surface area contributed by atoms with Crippen LogP contribution in [-0.4, -0.2) is 61.0 Å². The van der Waals surface area contributed by atoms with Gasteiger partial charge in [0.1, 0.15) is 11.6 Å². The number of amides is 2. The molecule has 31 heavy (non-hydrogen) atoms. The lowest BCUT2D eigenvalue weighted by atomic mass is 9.95. The van der Waals surface area contributed by atoms with Crippen molar-refractivity contribution >= 4 is 21.7 Å². The Balaban J connectivity index is 1.54. The summed E-state index contributed by atoms with van der Waals surface area (Å²) in [6, 6.07) is 4.59. The molecule has 1 saturated heterocycles. The summed E-state index contributed by atoms with van der Waals surface area (Å²) in [5.41, 5.74) is 1.04. The smallest absolute Gasteiger partial charge is 0.254 e. The summed E-state index contributed by atoms with van der Waals surface area (Å²) < 4.78 is 37.7. The van der Waals surface area contributed by atoms with E-state index in [0.717, 1.165) is 12.1 Å². The minimum atomic E-state index is -3.65. The lowest BCUT2D eigenvalue weighted by molar-refractivity contribution is -0.131. The molecule has 0 radical (unpaired) electrons. The molecule has 0 spiro atoms. The fraction of sp³-hybridized carbons (Fsp3) is 0.429. The van der Waals surface area contributed by atoms with Gasteiger partial charge in [0.25, 0.3) is 5.91 Å². The average Bonchev–Trinajstić information content (AvgIpc) is 2.77. The number of halogens is 1. The molecule has 1 aromatic carbocycles. The molecule has 10 heteroatoms. The van der Waals surface area contributed by atoms with Crippen LogP contribution in [0.5, 0.6) is 0 Å². The maximum Gasteiger partial charge on any atom is 0.254 e. The van der Waals surface area contributed by atoms with Crippen LogP contribution in [0.1, 0.15) is 47.1 Å². The summed E-state index contributed by atoms with van der Waals surface area (Å²) in [4.78, 5) is 34.7. The minimum Gasteiger partial charge on any atom is -0.355 e. The standard InChI is InChI=1S/C21H25FN4O4S/c1-14-18(21(28)23-2)13-24-20(25-14)15-7-10-26(11-8-15)19(27)9-12-31(29,30)17-5-3-16(22)4-6-17/h3-6,13,15H,7-12H2,1-2H3,(H,23,28). The number of carbonyl (C=O) groups excluding carboxylic acids is 2. The highest BCUT2D eigenvalue weighted by molar-refractivity contribution is 7.91. The molecule has 0 aliphatic carbocycles. The van der Waals surface area contributed by atoms with Crippen LogP contribution in [0, 0.1) is 12.7 Å². The molecule has 1 N–H and O–H groups in total. The third kappa shape index (κ3) is 5.43. The van der Waals surface area contributed by atoms with Gasteiger partial charge in [-0.2, -0.15) is 0 Å². The van der Waals surface area contributed by atoms with Crippen LogP contribution in [0.4, 0.5) is 4.39 Å². The third-order valence-electron chi connectivity index (χ3n) is 5.44. The van der Waals surface area contributed by atoms with E-state index in [4.69, 9.17) is 0 Å². The highest BCUT2D eigenvalue weighted by Gasteiger charge is 2.27. The molecule has 1 fully saturated rings. The van der Waals surface area contributed by atoms with Gasteiger partial charge in [-0.1, -0.05) is 0 Å². The molecule has 0 bridgehead atoms. The Labute approximate surface area is 180 Å². The van der Waals surface area contributed by atoms with Gasteiger partial charge in [0.15, 0.2) is 9.84 Å². The van der Waals surface area contributed by atoms with Gasteiger partial charge in [-0.25, -0.2) is 22.8 Å². The first-order valence-electron chi connectivity index (χ1n) is 10.0. The van der Waals surface area contributed by atoms with E-state index in [1.807, 2.05) is 0 Å². The van der Waals surface area contributed by atoms with E-state index >= 15 is 0 Å². The Hall–Kier alpha value is -2.88. The molecule has 2 aromatic rings. The van der Waals surface area contributed by atoms with E-state index < -0.39 is 15.7 Å². The average molecular weight is 449 g/mol. The van der Waals surface area contributed by atoms with Crippen LogP contribution in [0.2, 0.25) is 0 Å². The van der Waals surface area contributed by atoms with Gasteiger partial charge in [0.2, 0.25) is 5.91 Å². The van der Waals surface area contributed by atoms with E-state index in [1.165, 1.54) is 18.3 Å². The van der Waals surface area contributed by atoms with Crippen molar-refractivity contribution in [3.8, 4) is 0 Å². The lowest BCUT2D eigenvalue weighted by Crippen LogP contribution is -2.39. The van der Waals surface area contributed by atoms with Crippen molar-refractivity contribution in [3.05, 3.63) is 53.4 Å². The second-order valence-electron chi connectivity index (χ2n) is 7.48. The maximum atomic E-state index is 13.0. The molecule has 2 amide bonds. The predicted octanol–water partition coefficient (Wildman–Crippen LogP) is 1.85. The van der Waals surface area contributed by atoms with Crippen LogP contribution >= 0.6 is 0 Å². The topological polar surface area (TPSA) is 109 Å². The van der Waals surface area contributed by atoms with Gasteiger partial charge in [-0.3, -0.25) is 9.59 Å². The minimum absolute atomic E-state index is 0.00753. The molecule has 0 unspecified atom stereocenters. The van der Waals surface area contributed by atoms with Crippen molar-refractivity contribution in [1.82, 2.24) is 20.2 Å². The van der Waals surface area contributed by atoms with Crippen LogP contribution in [-0.2, 0) is 14.6 Å². The number of benzene rings is 1. The summed E-state index contributed by atoms with van der Waals surface area (Å²) in [5.74, 6) is -0.571. The van der Waals surface area contributed by atoms with Crippen molar-refractivity contribution in [3.63, 3.8) is 0 Å². The summed E-state index contributed by atoms with van der Waals surface area (Å²) >= 11 is 0. The quantitative estimate of drug-likeness (QED) is 0.676. The summed E-state index contributed by atoms with van der Waals surface area (Å²) in [6.07, 6.45) is 2.72. The Kier molecular flexibility index (Phi) is 6.99. The molecule has 3 rings (SSSR count). The highest BCUT2D eigenvalue weighted by Crippen LogP contribution is 2.26. The maximum absolute atomic E-state index is 13.0. The number of aromatic nitrogens is 2. The largest absolute Gasteiger partial charge is 0.355 e. The normalized spacial score (nSPS) is 15.0. The van der Waals surface area contributed by atoms with Gasteiger partial charge in [-0.05, 0) is 44.0 Å². The number of aryl methyl sites for hydroxylation is 1. The Morgan fingerprint density at radius 1 is 1.19 bits per heavy atom. The van der Waals surface area contributed by atoms with Crippen LogP contribution < -0.4 is 5.32 Å². The van der Waals surface area contributed by atoms with Crippen LogP contribution in [0.3, 0.4) is 0 Å². The second-order valence-corrected chi connectivity index (χ2v) is 9.59. The predicted molar refractivity (Wildman–Crippen MR) is 112 cm³/mol. The number of hydrogen-bond acceptors (Lipinski definition) is 6. The molecule has 0 atom stereocenters. The van der Waals surface area contributed by atoms with Gasteiger partial charge in [0, 0.05) is 38.7 Å². The molecule has 8 nitrogen and oxygen atoms in total. The summed E-state index contributed by atoms with van der Waals surface area (Å²) in [6.45, 7) is 2.73. The summed E-state index contributed by atoms with van der Waals surface area (Å²) in [7, 11) is -2.10. The Morgan fingerprint density at radius 3 is 2.42 bits per heavy atom. The molecular weight excluding hydrogens is 423 g/mol. The fourth-order valence-electron chi connectivity index (χ4n) is 3.57. The monoisotopic (exact) mass is 448 g/mol. The zero-order valence-corrected chi connectivity index (χ0v) is 18.3. The Bertz CT molecular complexity index is 1070. The molecule has 2 heterocycles. The van der Waals surface area contributed by atoms with Crippen molar-refractivity contribution < 1.29 is 22.4 Å². The second kappa shape index (κ2) is 9.51. The number of likely N-dealkylation sites (tertiary alicyclic amines) is 1. The zero-order valence-electron chi connectivity index (χ0n) is 17.5. The molecule has 1 aromatic heterocycles. The van der Waals surface area contributed by atoms with E-state index in [-0.39, 0.29) is 34.8 Å². The van der Waals surface area contributed by atoms with Crippen molar-refractivity contribution in [2.75, 3.05) is 25.9 Å². The molecule has 1 aliphatic rings. The van der Waals surface area contributed by atoms with Crippen molar-refractivity contribution in [2.24, 2.45) is 0 Å². The van der Waals surface area contributed by atoms with Gasteiger partial charge < -0.3 is 10.2 Å². The Morgan fingerprint density at radius 2 is 1.84 bits per heavy atom. The number of piperidine rings is 1. The van der Waals surface area contributed by atoms with E-state index in [0.29, 0.717) is 43.0 Å². The van der Waals surface area contributed by atoms with Crippen molar-refractivity contribution in [1.29, 1.82) is 0 Å². The molecule has 0 saturated carbocycles. The highest BCUT2D eigenvalue weighted by atomic mass is 32.2.